The van der Waals surface area contributed by atoms with Gasteiger partial charge in [0.15, 0.2) is 10.7 Å². The maximum atomic E-state index is 5.82. The van der Waals surface area contributed by atoms with Crippen molar-refractivity contribution in [3.8, 4) is 0 Å². The van der Waals surface area contributed by atoms with E-state index in [0.717, 1.165) is 27.3 Å². The summed E-state index contributed by atoms with van der Waals surface area (Å²) in [7, 11) is 0. The number of anilines is 1. The molecule has 3 aromatic rings. The summed E-state index contributed by atoms with van der Waals surface area (Å²) in [5.74, 6) is 0.489. The van der Waals surface area contributed by atoms with Crippen LogP contribution in [0.4, 0.5) is 5.82 Å². The van der Waals surface area contributed by atoms with Crippen LogP contribution < -0.4 is 5.73 Å². The molecule has 7 heteroatoms. The van der Waals surface area contributed by atoms with Crippen LogP contribution in [-0.4, -0.2) is 21.2 Å². The Morgan fingerprint density at radius 2 is 2.09 bits per heavy atom. The summed E-state index contributed by atoms with van der Waals surface area (Å²) in [4.78, 5) is 13.2. The summed E-state index contributed by atoms with van der Waals surface area (Å²) in [5, 5.41) is 2.75. The summed E-state index contributed by atoms with van der Waals surface area (Å²) in [5.41, 5.74) is 8.72. The van der Waals surface area contributed by atoms with Crippen LogP contribution in [0, 0.1) is 6.92 Å². The van der Waals surface area contributed by atoms with Crippen LogP contribution in [0.15, 0.2) is 39.2 Å². The second-order valence-corrected chi connectivity index (χ2v) is 7.04. The van der Waals surface area contributed by atoms with Gasteiger partial charge in [-0.25, -0.2) is 9.97 Å². The standard InChI is InChI=1S/C15H16N4OS2/c1-8-7-20-12-6-17-11(4-10(8)12)9(2)22-15-18-13(16)5-14(19-15)21-3/h4-7,9H,1-3H3,(H2,16,18,19). The van der Waals surface area contributed by atoms with Gasteiger partial charge in [0.2, 0.25) is 0 Å². The average molecular weight is 332 g/mol. The molecule has 0 spiro atoms. The zero-order valence-electron chi connectivity index (χ0n) is 12.5. The predicted octanol–water partition coefficient (Wildman–Crippen LogP) is 4.08. The van der Waals surface area contributed by atoms with Gasteiger partial charge in [-0.3, -0.25) is 4.98 Å². The number of aryl methyl sites for hydroxylation is 1. The third-order valence-corrected chi connectivity index (χ3v) is 4.90. The van der Waals surface area contributed by atoms with Crippen LogP contribution in [0.1, 0.15) is 23.4 Å². The Kier molecular flexibility index (Phi) is 4.26. The Bertz CT molecular complexity index is 818. The molecule has 3 aromatic heterocycles. The summed E-state index contributed by atoms with van der Waals surface area (Å²) in [6.45, 7) is 4.11. The number of furan rings is 1. The molecule has 0 radical (unpaired) electrons. The third kappa shape index (κ3) is 3.05. The van der Waals surface area contributed by atoms with Gasteiger partial charge >= 0.3 is 0 Å². The number of hydrogen-bond donors (Lipinski definition) is 1. The Morgan fingerprint density at radius 1 is 1.27 bits per heavy atom. The number of rotatable bonds is 4. The molecule has 2 N–H and O–H groups in total. The van der Waals surface area contributed by atoms with Crippen LogP contribution in [0.5, 0.6) is 0 Å². The fourth-order valence-corrected chi connectivity index (χ4v) is 3.44. The van der Waals surface area contributed by atoms with Crippen LogP contribution in [0.2, 0.25) is 0 Å². The number of aromatic nitrogens is 3. The van der Waals surface area contributed by atoms with Gasteiger partial charge in [0, 0.05) is 11.5 Å². The van der Waals surface area contributed by atoms with Crippen molar-refractivity contribution in [3.05, 3.63) is 35.9 Å². The lowest BCUT2D eigenvalue weighted by Crippen LogP contribution is -1.99. The first-order chi connectivity index (χ1) is 10.6. The van der Waals surface area contributed by atoms with Gasteiger partial charge < -0.3 is 10.2 Å². The monoisotopic (exact) mass is 332 g/mol. The molecule has 3 rings (SSSR count). The quantitative estimate of drug-likeness (QED) is 0.438. The molecule has 0 aromatic carbocycles. The van der Waals surface area contributed by atoms with Gasteiger partial charge in [0.1, 0.15) is 10.8 Å². The Morgan fingerprint density at radius 3 is 2.86 bits per heavy atom. The van der Waals surface area contributed by atoms with Crippen LogP contribution >= 0.6 is 23.5 Å². The number of hydrogen-bond acceptors (Lipinski definition) is 7. The SMILES string of the molecule is CSc1cc(N)nc(SC(C)c2cc3c(C)coc3cn2)n1. The molecule has 0 bridgehead atoms. The second-order valence-electron chi connectivity index (χ2n) is 4.90. The van der Waals surface area contributed by atoms with Crippen molar-refractivity contribution in [3.63, 3.8) is 0 Å². The first-order valence-electron chi connectivity index (χ1n) is 6.76. The summed E-state index contributed by atoms with van der Waals surface area (Å²) in [6.07, 6.45) is 5.48. The maximum absolute atomic E-state index is 5.82. The number of pyridine rings is 1. The zero-order chi connectivity index (χ0) is 15.7. The Labute approximate surface area is 137 Å². The van der Waals surface area contributed by atoms with Gasteiger partial charge in [-0.2, -0.15) is 0 Å². The summed E-state index contributed by atoms with van der Waals surface area (Å²) < 4.78 is 5.43. The molecule has 22 heavy (non-hydrogen) atoms. The van der Waals surface area contributed by atoms with E-state index in [2.05, 4.69) is 27.9 Å². The van der Waals surface area contributed by atoms with E-state index in [9.17, 15) is 0 Å². The van der Waals surface area contributed by atoms with Crippen molar-refractivity contribution >= 4 is 40.3 Å². The van der Waals surface area contributed by atoms with Crippen molar-refractivity contribution in [2.45, 2.75) is 29.3 Å². The molecule has 1 atom stereocenters. The molecule has 0 amide bonds. The van der Waals surface area contributed by atoms with Crippen molar-refractivity contribution in [1.29, 1.82) is 0 Å². The van der Waals surface area contributed by atoms with Gasteiger partial charge in [-0.1, -0.05) is 11.8 Å². The highest BCUT2D eigenvalue weighted by Gasteiger charge is 2.14. The molecule has 0 fully saturated rings. The first-order valence-corrected chi connectivity index (χ1v) is 8.86. The van der Waals surface area contributed by atoms with Crippen molar-refractivity contribution in [1.82, 2.24) is 15.0 Å². The van der Waals surface area contributed by atoms with Crippen LogP contribution in [-0.2, 0) is 0 Å². The fourth-order valence-electron chi connectivity index (χ4n) is 2.10. The van der Waals surface area contributed by atoms with E-state index in [4.69, 9.17) is 10.2 Å². The normalized spacial score (nSPS) is 12.7. The topological polar surface area (TPSA) is 77.8 Å². The third-order valence-electron chi connectivity index (χ3n) is 3.29. The van der Waals surface area contributed by atoms with Crippen molar-refractivity contribution in [2.75, 3.05) is 12.0 Å². The molecule has 3 heterocycles. The molecule has 0 aliphatic rings. The van der Waals surface area contributed by atoms with Crippen LogP contribution in [0.3, 0.4) is 0 Å². The number of fused-ring (bicyclic) bond motifs is 1. The molecule has 114 valence electrons. The highest BCUT2D eigenvalue weighted by atomic mass is 32.2. The van der Waals surface area contributed by atoms with Crippen molar-refractivity contribution < 1.29 is 4.42 Å². The molecular formula is C15H16N4OS2. The Hall–Kier alpha value is -1.73. The van der Waals surface area contributed by atoms with Gasteiger partial charge in [-0.15, -0.1) is 11.8 Å². The first kappa shape index (κ1) is 15.2. The van der Waals surface area contributed by atoms with E-state index >= 15 is 0 Å². The zero-order valence-corrected chi connectivity index (χ0v) is 14.2. The van der Waals surface area contributed by atoms with Gasteiger partial charge in [0.05, 0.1) is 23.4 Å². The smallest absolute Gasteiger partial charge is 0.191 e. The number of nitrogens with zero attached hydrogens (tertiary/aromatic N) is 3. The predicted molar refractivity (Wildman–Crippen MR) is 91.2 cm³/mol. The minimum Gasteiger partial charge on any atom is -0.462 e. The van der Waals surface area contributed by atoms with Gasteiger partial charge in [0.25, 0.3) is 0 Å². The maximum Gasteiger partial charge on any atom is 0.191 e. The summed E-state index contributed by atoms with van der Waals surface area (Å²) in [6, 6.07) is 3.84. The van der Waals surface area contributed by atoms with E-state index in [0.29, 0.717) is 11.0 Å². The minimum atomic E-state index is 0.121. The molecule has 1 unspecified atom stereocenters. The highest BCUT2D eigenvalue weighted by Crippen LogP contribution is 2.34. The lowest BCUT2D eigenvalue weighted by molar-refractivity contribution is 0.611. The van der Waals surface area contributed by atoms with E-state index < -0.39 is 0 Å². The average Bonchev–Trinajstić information content (AvgIpc) is 2.87. The fraction of sp³-hybridized carbons (Fsp3) is 0.267. The van der Waals surface area contributed by atoms with E-state index in [1.54, 1.807) is 42.1 Å². The molecule has 0 aliphatic carbocycles. The number of nitrogen functional groups attached to an aromatic ring is 1. The van der Waals surface area contributed by atoms with Crippen molar-refractivity contribution in [2.24, 2.45) is 0 Å². The lowest BCUT2D eigenvalue weighted by Gasteiger charge is -2.10. The minimum absolute atomic E-state index is 0.121. The van der Waals surface area contributed by atoms with Gasteiger partial charge in [-0.05, 0) is 31.7 Å². The molecule has 0 saturated carbocycles. The number of thioether (sulfide) groups is 2. The van der Waals surface area contributed by atoms with E-state index in [-0.39, 0.29) is 5.25 Å². The molecule has 0 aliphatic heterocycles. The molecular weight excluding hydrogens is 316 g/mol. The molecule has 5 nitrogen and oxygen atoms in total. The summed E-state index contributed by atoms with van der Waals surface area (Å²) >= 11 is 3.10. The van der Waals surface area contributed by atoms with Crippen LogP contribution in [0.25, 0.3) is 11.0 Å². The highest BCUT2D eigenvalue weighted by molar-refractivity contribution is 7.99. The lowest BCUT2D eigenvalue weighted by atomic mass is 10.2. The van der Waals surface area contributed by atoms with E-state index in [1.807, 2.05) is 13.2 Å². The number of nitrogens with two attached hydrogens (primary N) is 1. The molecule has 0 saturated heterocycles. The van der Waals surface area contributed by atoms with E-state index in [1.165, 1.54) is 0 Å². The Balaban J connectivity index is 1.87. The second kappa shape index (κ2) is 6.18. The largest absolute Gasteiger partial charge is 0.462 e.